The smallest absolute Gasteiger partial charge is 0.107 e. The topological polar surface area (TPSA) is 41.1 Å². The van der Waals surface area contributed by atoms with Crippen LogP contribution in [0, 0.1) is 0 Å². The maximum Gasteiger partial charge on any atom is 0.107 e. The van der Waals surface area contributed by atoms with Crippen molar-refractivity contribution in [1.29, 1.82) is 0 Å². The van der Waals surface area contributed by atoms with Crippen LogP contribution < -0.4 is 10.3 Å². The second-order valence-electron chi connectivity index (χ2n) is 2.05. The summed E-state index contributed by atoms with van der Waals surface area (Å²) in [6.45, 7) is 0. The highest BCUT2D eigenvalue weighted by Gasteiger charge is 1.88. The maximum atomic E-state index is 10.6. The number of hydrogen-bond donors (Lipinski definition) is 2. The highest BCUT2D eigenvalue weighted by atomic mass is 32.2. The molecule has 0 heterocycles. The van der Waals surface area contributed by atoms with E-state index in [0.29, 0.717) is 0 Å². The zero-order valence-corrected chi connectivity index (χ0v) is 7.02. The average Bonchev–Trinajstić information content (AvgIpc) is 2.03. The number of hydrazine groups is 1. The molecule has 0 aliphatic heterocycles. The Bertz CT molecular complexity index is 237. The molecule has 0 radical (unpaired) electrons. The van der Waals surface area contributed by atoms with Crippen molar-refractivity contribution in [3.05, 3.63) is 30.3 Å². The summed E-state index contributed by atoms with van der Waals surface area (Å²) >= 11 is 0. The van der Waals surface area contributed by atoms with E-state index in [0.717, 1.165) is 5.69 Å². The molecule has 0 bridgehead atoms. The van der Waals surface area contributed by atoms with Gasteiger partial charge in [-0.2, -0.15) is 4.83 Å². The Hall–Kier alpha value is -0.870. The number of anilines is 1. The van der Waals surface area contributed by atoms with Gasteiger partial charge in [0.15, 0.2) is 0 Å². The molecule has 0 saturated carbocycles. The molecule has 0 aromatic heterocycles. The van der Waals surface area contributed by atoms with Crippen molar-refractivity contribution in [2.75, 3.05) is 11.7 Å². The van der Waals surface area contributed by atoms with Crippen molar-refractivity contribution in [2.24, 2.45) is 0 Å². The lowest BCUT2D eigenvalue weighted by Crippen LogP contribution is -2.22. The van der Waals surface area contributed by atoms with Crippen LogP contribution in [0.5, 0.6) is 0 Å². The SMILES string of the molecule is CS(=O)NNc1ccccc1. The van der Waals surface area contributed by atoms with Crippen molar-refractivity contribution >= 4 is 16.7 Å². The third-order valence-corrected chi connectivity index (χ3v) is 1.50. The Balaban J connectivity index is 2.45. The van der Waals surface area contributed by atoms with Crippen LogP contribution in [0.25, 0.3) is 0 Å². The molecule has 1 unspecified atom stereocenters. The first kappa shape index (κ1) is 8.23. The molecular weight excluding hydrogens is 160 g/mol. The molecule has 1 aromatic carbocycles. The molecule has 0 spiro atoms. The summed E-state index contributed by atoms with van der Waals surface area (Å²) in [6, 6.07) is 9.51. The van der Waals surface area contributed by atoms with E-state index >= 15 is 0 Å². The van der Waals surface area contributed by atoms with Crippen LogP contribution in [-0.2, 0) is 11.0 Å². The van der Waals surface area contributed by atoms with E-state index in [9.17, 15) is 4.21 Å². The predicted octanol–water partition coefficient (Wildman–Crippen LogP) is 0.897. The van der Waals surface area contributed by atoms with E-state index in [1.54, 1.807) is 6.26 Å². The number of para-hydroxylation sites is 1. The number of hydrogen-bond acceptors (Lipinski definition) is 2. The molecule has 4 heteroatoms. The van der Waals surface area contributed by atoms with Crippen molar-refractivity contribution in [3.63, 3.8) is 0 Å². The first-order valence-electron chi connectivity index (χ1n) is 3.19. The van der Waals surface area contributed by atoms with Gasteiger partial charge in [0.2, 0.25) is 0 Å². The Morgan fingerprint density at radius 3 is 2.45 bits per heavy atom. The third kappa shape index (κ3) is 3.15. The van der Waals surface area contributed by atoms with Crippen LogP contribution in [0.4, 0.5) is 5.69 Å². The summed E-state index contributed by atoms with van der Waals surface area (Å²) in [6.07, 6.45) is 1.57. The highest BCUT2D eigenvalue weighted by Crippen LogP contribution is 2.02. The largest absolute Gasteiger partial charge is 0.310 e. The van der Waals surface area contributed by atoms with Gasteiger partial charge in [0.25, 0.3) is 0 Å². The van der Waals surface area contributed by atoms with E-state index in [1.165, 1.54) is 0 Å². The minimum Gasteiger partial charge on any atom is -0.310 e. The predicted molar refractivity (Wildman–Crippen MR) is 47.3 cm³/mol. The number of benzene rings is 1. The quantitative estimate of drug-likeness (QED) is 0.662. The molecule has 0 aliphatic carbocycles. The summed E-state index contributed by atoms with van der Waals surface area (Å²) < 4.78 is 10.6. The summed E-state index contributed by atoms with van der Waals surface area (Å²) in [5.41, 5.74) is 3.70. The molecule has 0 fully saturated rings. The lowest BCUT2D eigenvalue weighted by atomic mass is 10.3. The highest BCUT2D eigenvalue weighted by molar-refractivity contribution is 7.82. The van der Waals surface area contributed by atoms with Crippen molar-refractivity contribution in [1.82, 2.24) is 4.83 Å². The van der Waals surface area contributed by atoms with Crippen LogP contribution >= 0.6 is 0 Å². The van der Waals surface area contributed by atoms with E-state index in [1.807, 2.05) is 30.3 Å². The Morgan fingerprint density at radius 1 is 1.27 bits per heavy atom. The molecule has 2 N–H and O–H groups in total. The van der Waals surface area contributed by atoms with Gasteiger partial charge in [-0.3, -0.25) is 0 Å². The van der Waals surface area contributed by atoms with Crippen LogP contribution in [0.3, 0.4) is 0 Å². The summed E-state index contributed by atoms with van der Waals surface area (Å²) in [4.78, 5) is 2.58. The maximum absolute atomic E-state index is 10.6. The van der Waals surface area contributed by atoms with E-state index in [4.69, 9.17) is 0 Å². The summed E-state index contributed by atoms with van der Waals surface area (Å²) in [7, 11) is -1.03. The summed E-state index contributed by atoms with van der Waals surface area (Å²) in [5, 5.41) is 0. The van der Waals surface area contributed by atoms with Gasteiger partial charge in [0.1, 0.15) is 11.0 Å². The Labute approximate surface area is 68.4 Å². The van der Waals surface area contributed by atoms with Gasteiger partial charge >= 0.3 is 0 Å². The monoisotopic (exact) mass is 170 g/mol. The van der Waals surface area contributed by atoms with Gasteiger partial charge in [0.05, 0.1) is 0 Å². The third-order valence-electron chi connectivity index (χ3n) is 1.11. The van der Waals surface area contributed by atoms with Gasteiger partial charge in [-0.15, -0.1) is 0 Å². The molecular formula is C7H10N2OS. The van der Waals surface area contributed by atoms with E-state index in [2.05, 4.69) is 10.3 Å². The lowest BCUT2D eigenvalue weighted by Gasteiger charge is -2.03. The minimum absolute atomic E-state index is 0.905. The zero-order valence-electron chi connectivity index (χ0n) is 6.20. The Kier molecular flexibility index (Phi) is 3.07. The van der Waals surface area contributed by atoms with Crippen LogP contribution in [-0.4, -0.2) is 10.5 Å². The zero-order chi connectivity index (χ0) is 8.10. The van der Waals surface area contributed by atoms with Gasteiger partial charge in [-0.05, 0) is 12.1 Å². The van der Waals surface area contributed by atoms with Crippen LogP contribution in [0.2, 0.25) is 0 Å². The van der Waals surface area contributed by atoms with Crippen molar-refractivity contribution in [2.45, 2.75) is 0 Å². The fourth-order valence-electron chi connectivity index (χ4n) is 0.652. The minimum atomic E-state index is -1.03. The Morgan fingerprint density at radius 2 is 1.91 bits per heavy atom. The molecule has 60 valence electrons. The average molecular weight is 170 g/mol. The first-order valence-corrected chi connectivity index (χ1v) is 4.75. The van der Waals surface area contributed by atoms with Crippen LogP contribution in [0.1, 0.15) is 0 Å². The number of nitrogens with one attached hydrogen (secondary N) is 2. The summed E-state index contributed by atoms with van der Waals surface area (Å²) in [5.74, 6) is 0. The first-order chi connectivity index (χ1) is 5.29. The van der Waals surface area contributed by atoms with Gasteiger partial charge in [0, 0.05) is 11.9 Å². The van der Waals surface area contributed by atoms with E-state index < -0.39 is 11.0 Å². The molecule has 0 saturated heterocycles. The van der Waals surface area contributed by atoms with Gasteiger partial charge in [-0.25, -0.2) is 4.21 Å². The van der Waals surface area contributed by atoms with Crippen molar-refractivity contribution < 1.29 is 4.21 Å². The lowest BCUT2D eigenvalue weighted by molar-refractivity contribution is 0.681. The molecule has 3 nitrogen and oxygen atoms in total. The molecule has 1 rings (SSSR count). The van der Waals surface area contributed by atoms with E-state index in [-0.39, 0.29) is 0 Å². The van der Waals surface area contributed by atoms with Crippen LogP contribution in [0.15, 0.2) is 30.3 Å². The second-order valence-corrected chi connectivity index (χ2v) is 3.16. The molecule has 1 atom stereocenters. The van der Waals surface area contributed by atoms with Gasteiger partial charge < -0.3 is 5.43 Å². The standard InChI is InChI=1S/C7H10N2OS/c1-11(10)9-8-7-5-3-2-4-6-7/h2-6,8-9H,1H3. The molecule has 11 heavy (non-hydrogen) atoms. The fraction of sp³-hybridized carbons (Fsp3) is 0.143. The normalized spacial score (nSPS) is 12.5. The van der Waals surface area contributed by atoms with Gasteiger partial charge in [-0.1, -0.05) is 18.2 Å². The van der Waals surface area contributed by atoms with Crippen molar-refractivity contribution in [3.8, 4) is 0 Å². The second kappa shape index (κ2) is 4.10. The fourth-order valence-corrected chi connectivity index (χ4v) is 0.914. The molecule has 0 aliphatic rings. The number of rotatable bonds is 3. The molecule has 0 amide bonds. The molecule has 1 aromatic rings.